The number of carbonyl (C=O) groups is 1. The SMILES string of the molecule is O=C(NCc1ccco1)c1cc(-c2ccccc2)c(=O)n2ccc3ccsc3c12. The predicted molar refractivity (Wildman–Crippen MR) is 114 cm³/mol. The molecule has 0 radical (unpaired) electrons. The maximum absolute atomic E-state index is 13.2. The van der Waals surface area contributed by atoms with Crippen molar-refractivity contribution in [3.63, 3.8) is 0 Å². The molecule has 1 amide bonds. The summed E-state index contributed by atoms with van der Waals surface area (Å²) in [5.41, 5.74) is 2.20. The van der Waals surface area contributed by atoms with E-state index in [4.69, 9.17) is 4.42 Å². The molecule has 0 unspecified atom stereocenters. The molecule has 0 aliphatic heterocycles. The number of nitrogens with zero attached hydrogens (tertiary/aromatic N) is 1. The van der Waals surface area contributed by atoms with Crippen LogP contribution in [0.2, 0.25) is 0 Å². The Hall–Kier alpha value is -3.64. The normalized spacial score (nSPS) is 11.2. The Balaban J connectivity index is 1.73. The summed E-state index contributed by atoms with van der Waals surface area (Å²) in [6.45, 7) is 0.276. The zero-order chi connectivity index (χ0) is 19.8. The molecular weight excluding hydrogens is 384 g/mol. The van der Waals surface area contributed by atoms with Crippen molar-refractivity contribution in [2.75, 3.05) is 0 Å². The van der Waals surface area contributed by atoms with Gasteiger partial charge < -0.3 is 9.73 Å². The van der Waals surface area contributed by atoms with Gasteiger partial charge in [0.25, 0.3) is 11.5 Å². The Morgan fingerprint density at radius 2 is 1.93 bits per heavy atom. The van der Waals surface area contributed by atoms with Gasteiger partial charge >= 0.3 is 0 Å². The maximum atomic E-state index is 13.2. The third kappa shape index (κ3) is 3.03. The first kappa shape index (κ1) is 17.5. The van der Waals surface area contributed by atoms with E-state index in [9.17, 15) is 9.59 Å². The molecule has 1 N–H and O–H groups in total. The summed E-state index contributed by atoms with van der Waals surface area (Å²) in [6.07, 6.45) is 3.31. The summed E-state index contributed by atoms with van der Waals surface area (Å²) in [7, 11) is 0. The molecule has 5 aromatic rings. The number of hydrogen-bond acceptors (Lipinski definition) is 4. The van der Waals surface area contributed by atoms with E-state index in [1.54, 1.807) is 35.1 Å². The lowest BCUT2D eigenvalue weighted by atomic mass is 10.0. The van der Waals surface area contributed by atoms with Crippen molar-refractivity contribution < 1.29 is 9.21 Å². The fraction of sp³-hybridized carbons (Fsp3) is 0.0435. The summed E-state index contributed by atoms with van der Waals surface area (Å²) in [5, 5.41) is 5.87. The molecule has 0 fully saturated rings. The van der Waals surface area contributed by atoms with Crippen molar-refractivity contribution in [3.8, 4) is 11.1 Å². The van der Waals surface area contributed by atoms with E-state index in [2.05, 4.69) is 5.32 Å². The number of hydrogen-bond donors (Lipinski definition) is 1. The Labute approximate surface area is 169 Å². The molecule has 142 valence electrons. The molecular formula is C23H16N2O3S. The molecule has 6 heteroatoms. The molecule has 0 aliphatic rings. The fourth-order valence-electron chi connectivity index (χ4n) is 3.48. The summed E-state index contributed by atoms with van der Waals surface area (Å²) in [4.78, 5) is 26.4. The van der Waals surface area contributed by atoms with Crippen LogP contribution in [0.4, 0.5) is 0 Å². The second-order valence-corrected chi connectivity index (χ2v) is 7.56. The Morgan fingerprint density at radius 1 is 1.07 bits per heavy atom. The topological polar surface area (TPSA) is 63.7 Å². The van der Waals surface area contributed by atoms with Gasteiger partial charge in [0, 0.05) is 11.8 Å². The van der Waals surface area contributed by atoms with E-state index in [0.29, 0.717) is 22.4 Å². The average Bonchev–Trinajstić information content (AvgIpc) is 3.44. The third-order valence-corrected chi connectivity index (χ3v) is 5.82. The van der Waals surface area contributed by atoms with Crippen LogP contribution >= 0.6 is 11.3 Å². The smallest absolute Gasteiger partial charge is 0.263 e. The number of thiophene rings is 1. The quantitative estimate of drug-likeness (QED) is 0.475. The highest BCUT2D eigenvalue weighted by atomic mass is 32.1. The highest BCUT2D eigenvalue weighted by Gasteiger charge is 2.19. The minimum atomic E-state index is -0.253. The van der Waals surface area contributed by atoms with Gasteiger partial charge in [-0.15, -0.1) is 11.3 Å². The molecule has 0 aliphatic carbocycles. The van der Waals surface area contributed by atoms with Crippen molar-refractivity contribution >= 4 is 32.8 Å². The lowest BCUT2D eigenvalue weighted by molar-refractivity contribution is 0.0949. The third-order valence-electron chi connectivity index (χ3n) is 4.88. The maximum Gasteiger partial charge on any atom is 0.263 e. The van der Waals surface area contributed by atoms with Crippen LogP contribution in [0.15, 0.2) is 87.7 Å². The summed E-state index contributed by atoms with van der Waals surface area (Å²) in [5.74, 6) is 0.414. The number of amides is 1. The number of furan rings is 1. The molecule has 0 atom stereocenters. The number of rotatable bonds is 4. The highest BCUT2D eigenvalue weighted by Crippen LogP contribution is 2.29. The van der Waals surface area contributed by atoms with Gasteiger partial charge in [0.2, 0.25) is 0 Å². The molecule has 0 bridgehead atoms. The van der Waals surface area contributed by atoms with Gasteiger partial charge in [-0.05, 0) is 46.7 Å². The number of pyridine rings is 2. The number of carbonyl (C=O) groups excluding carboxylic acids is 1. The summed E-state index contributed by atoms with van der Waals surface area (Å²) in [6, 6.07) is 18.6. The van der Waals surface area contributed by atoms with Crippen LogP contribution in [0.25, 0.3) is 26.7 Å². The van der Waals surface area contributed by atoms with Gasteiger partial charge in [0.15, 0.2) is 0 Å². The van der Waals surface area contributed by atoms with Crippen molar-refractivity contribution in [3.05, 3.63) is 100 Å². The lowest BCUT2D eigenvalue weighted by Gasteiger charge is -2.12. The number of fused-ring (bicyclic) bond motifs is 3. The Bertz CT molecular complexity index is 1380. The Morgan fingerprint density at radius 3 is 2.72 bits per heavy atom. The molecule has 0 saturated heterocycles. The lowest BCUT2D eigenvalue weighted by Crippen LogP contribution is -2.26. The van der Waals surface area contributed by atoms with Crippen LogP contribution in [-0.2, 0) is 6.54 Å². The number of aromatic nitrogens is 1. The molecule has 5 rings (SSSR count). The van der Waals surface area contributed by atoms with E-state index in [1.165, 1.54) is 11.3 Å². The average molecular weight is 400 g/mol. The summed E-state index contributed by atoms with van der Waals surface area (Å²) < 4.78 is 7.79. The molecule has 1 aromatic carbocycles. The zero-order valence-electron chi connectivity index (χ0n) is 15.3. The number of nitrogens with one attached hydrogen (secondary N) is 1. The second-order valence-electron chi connectivity index (χ2n) is 6.64. The van der Waals surface area contributed by atoms with Crippen LogP contribution in [-0.4, -0.2) is 10.3 Å². The first-order chi connectivity index (χ1) is 14.2. The molecule has 0 saturated carbocycles. The van der Waals surface area contributed by atoms with E-state index in [0.717, 1.165) is 15.6 Å². The first-order valence-corrected chi connectivity index (χ1v) is 10.0. The van der Waals surface area contributed by atoms with Crippen molar-refractivity contribution in [2.45, 2.75) is 6.54 Å². The largest absolute Gasteiger partial charge is 0.467 e. The van der Waals surface area contributed by atoms with E-state index in [1.807, 2.05) is 47.8 Å². The Kier molecular flexibility index (Phi) is 4.26. The molecule has 4 heterocycles. The van der Waals surface area contributed by atoms with Crippen molar-refractivity contribution in [2.24, 2.45) is 0 Å². The van der Waals surface area contributed by atoms with E-state index in [-0.39, 0.29) is 18.0 Å². The van der Waals surface area contributed by atoms with Gasteiger partial charge in [-0.1, -0.05) is 30.3 Å². The molecule has 5 nitrogen and oxygen atoms in total. The standard InChI is InChI=1S/C23H16N2O3S/c26-22(24-14-17-7-4-11-28-17)19-13-18(15-5-2-1-3-6-15)23(27)25-10-8-16-9-12-29-21(16)20(19)25/h1-13H,14H2,(H,24,26). The van der Waals surface area contributed by atoms with Crippen molar-refractivity contribution in [1.29, 1.82) is 0 Å². The fourth-order valence-corrected chi connectivity index (χ4v) is 4.42. The van der Waals surface area contributed by atoms with Crippen LogP contribution < -0.4 is 10.9 Å². The van der Waals surface area contributed by atoms with E-state index >= 15 is 0 Å². The van der Waals surface area contributed by atoms with Gasteiger partial charge in [0.1, 0.15) is 5.76 Å². The van der Waals surface area contributed by atoms with Crippen molar-refractivity contribution in [1.82, 2.24) is 9.72 Å². The van der Waals surface area contributed by atoms with Gasteiger partial charge in [-0.3, -0.25) is 14.0 Å². The van der Waals surface area contributed by atoms with Crippen LogP contribution in [0.1, 0.15) is 16.1 Å². The molecule has 0 spiro atoms. The number of benzene rings is 1. The van der Waals surface area contributed by atoms with E-state index < -0.39 is 0 Å². The minimum absolute atomic E-state index is 0.149. The first-order valence-electron chi connectivity index (χ1n) is 9.14. The van der Waals surface area contributed by atoms with Gasteiger partial charge in [-0.25, -0.2) is 0 Å². The monoisotopic (exact) mass is 400 g/mol. The predicted octanol–water partition coefficient (Wildman–Crippen LogP) is 4.70. The van der Waals surface area contributed by atoms with Crippen LogP contribution in [0, 0.1) is 0 Å². The second kappa shape index (κ2) is 7.07. The van der Waals surface area contributed by atoms with Crippen LogP contribution in [0.5, 0.6) is 0 Å². The highest BCUT2D eigenvalue weighted by molar-refractivity contribution is 7.18. The molecule has 29 heavy (non-hydrogen) atoms. The minimum Gasteiger partial charge on any atom is -0.467 e. The summed E-state index contributed by atoms with van der Waals surface area (Å²) >= 11 is 1.52. The van der Waals surface area contributed by atoms with Gasteiger partial charge in [0.05, 0.1) is 28.6 Å². The van der Waals surface area contributed by atoms with Crippen LogP contribution in [0.3, 0.4) is 0 Å². The zero-order valence-corrected chi connectivity index (χ0v) is 16.1. The molecule has 4 aromatic heterocycles. The van der Waals surface area contributed by atoms with Gasteiger partial charge in [-0.2, -0.15) is 0 Å².